The van der Waals surface area contributed by atoms with Crippen LogP contribution in [0.3, 0.4) is 0 Å². The molecule has 0 radical (unpaired) electrons. The quantitative estimate of drug-likeness (QED) is 0.435. The van der Waals surface area contributed by atoms with Crippen molar-refractivity contribution in [3.05, 3.63) is 35.6 Å². The highest BCUT2D eigenvalue weighted by molar-refractivity contribution is 5.94. The highest BCUT2D eigenvalue weighted by atomic mass is 19.3. The number of hydrogen-bond donors (Lipinski definition) is 3. The SMILES string of the molecule is O=C1C[C@@H]2O[C@H](CN(C(=O)c3ccc(F)cc3)C[C@@H]3CN(CCO3)C(=O)[C@@H]3C[C@@H](CN3C3CCC(F)(F)CC3)N1)[C@@H](O)[C@H]2O. The van der Waals surface area contributed by atoms with Crippen LogP contribution in [0.5, 0.6) is 0 Å². The lowest BCUT2D eigenvalue weighted by Gasteiger charge is -2.41. The Bertz CT molecular complexity index is 1230. The fraction of sp³-hybridized carbons (Fsp3) is 0.700. The van der Waals surface area contributed by atoms with Gasteiger partial charge in [-0.3, -0.25) is 19.3 Å². The number of aliphatic hydroxyl groups excluding tert-OH is 2. The molecule has 1 aromatic rings. The number of halogens is 3. The van der Waals surface area contributed by atoms with E-state index in [9.17, 15) is 37.8 Å². The van der Waals surface area contributed by atoms with Crippen LogP contribution in [0.15, 0.2) is 24.3 Å². The number of rotatable bonds is 2. The van der Waals surface area contributed by atoms with Gasteiger partial charge >= 0.3 is 0 Å². The molecule has 4 saturated heterocycles. The van der Waals surface area contributed by atoms with Gasteiger partial charge in [0, 0.05) is 63.2 Å². The fourth-order valence-electron chi connectivity index (χ4n) is 7.30. The van der Waals surface area contributed by atoms with Crippen LogP contribution >= 0.6 is 0 Å². The molecule has 0 aromatic heterocycles. The number of aliphatic hydroxyl groups is 2. The predicted octanol–water partition coefficient (Wildman–Crippen LogP) is 0.525. The molecule has 5 aliphatic rings. The summed E-state index contributed by atoms with van der Waals surface area (Å²) in [5, 5.41) is 24.5. The molecule has 0 unspecified atom stereocenters. The number of nitrogens with zero attached hydrogens (tertiary/aromatic N) is 3. The van der Waals surface area contributed by atoms with E-state index in [1.54, 1.807) is 4.90 Å². The van der Waals surface area contributed by atoms with Crippen molar-refractivity contribution >= 4 is 17.7 Å². The lowest BCUT2D eigenvalue weighted by atomic mass is 9.90. The molecule has 0 spiro atoms. The summed E-state index contributed by atoms with van der Waals surface area (Å²) in [6, 6.07) is 3.74. The van der Waals surface area contributed by atoms with E-state index in [1.807, 2.05) is 4.90 Å². The number of benzene rings is 1. The summed E-state index contributed by atoms with van der Waals surface area (Å²) in [6.07, 6.45) is -5.42. The van der Waals surface area contributed by atoms with Crippen molar-refractivity contribution < 1.29 is 47.2 Å². The van der Waals surface area contributed by atoms with Crippen LogP contribution in [0.25, 0.3) is 0 Å². The lowest BCUT2D eigenvalue weighted by Crippen LogP contribution is -2.56. The molecule has 3 N–H and O–H groups in total. The second kappa shape index (κ2) is 12.5. The molecule has 5 fully saturated rings. The lowest BCUT2D eigenvalue weighted by molar-refractivity contribution is -0.145. The van der Waals surface area contributed by atoms with Crippen LogP contribution in [-0.2, 0) is 19.1 Å². The Balaban J connectivity index is 1.28. The Hall–Kier alpha value is -2.78. The van der Waals surface area contributed by atoms with E-state index >= 15 is 0 Å². The zero-order chi connectivity index (χ0) is 31.2. The Morgan fingerprint density at radius 3 is 2.41 bits per heavy atom. The average molecular weight is 625 g/mol. The summed E-state index contributed by atoms with van der Waals surface area (Å²) < 4.78 is 53.5. The molecule has 4 heterocycles. The first-order chi connectivity index (χ1) is 21.0. The van der Waals surface area contributed by atoms with E-state index in [4.69, 9.17) is 9.47 Å². The number of fused-ring (bicyclic) bond motifs is 6. The molecule has 6 rings (SSSR count). The number of amides is 3. The van der Waals surface area contributed by atoms with Gasteiger partial charge in [0.15, 0.2) is 0 Å². The summed E-state index contributed by atoms with van der Waals surface area (Å²) in [4.78, 5) is 45.7. The van der Waals surface area contributed by atoms with Crippen LogP contribution in [-0.4, -0.2) is 137 Å². The van der Waals surface area contributed by atoms with Crippen LogP contribution in [0.4, 0.5) is 13.2 Å². The highest BCUT2D eigenvalue weighted by Gasteiger charge is 2.48. The van der Waals surface area contributed by atoms with Gasteiger partial charge in [-0.25, -0.2) is 13.2 Å². The predicted molar refractivity (Wildman–Crippen MR) is 148 cm³/mol. The molecule has 3 amide bonds. The highest BCUT2D eigenvalue weighted by Crippen LogP contribution is 2.38. The molecular weight excluding hydrogens is 585 g/mol. The average Bonchev–Trinajstić information content (AvgIpc) is 3.52. The maximum absolute atomic E-state index is 14.0. The van der Waals surface area contributed by atoms with E-state index in [0.717, 1.165) is 12.1 Å². The van der Waals surface area contributed by atoms with Crippen molar-refractivity contribution in [3.63, 3.8) is 0 Å². The minimum atomic E-state index is -2.73. The third-order valence-corrected chi connectivity index (χ3v) is 9.65. The molecular formula is C30H39F3N4O7. The van der Waals surface area contributed by atoms with E-state index in [0.29, 0.717) is 19.5 Å². The molecule has 6 bridgehead atoms. The van der Waals surface area contributed by atoms with Gasteiger partial charge in [0.25, 0.3) is 5.91 Å². The van der Waals surface area contributed by atoms with Gasteiger partial charge in [-0.05, 0) is 43.5 Å². The zero-order valence-corrected chi connectivity index (χ0v) is 24.3. The van der Waals surface area contributed by atoms with Gasteiger partial charge in [0.2, 0.25) is 17.7 Å². The Labute approximate surface area is 253 Å². The van der Waals surface area contributed by atoms with E-state index in [-0.39, 0.29) is 75.9 Å². The maximum Gasteiger partial charge on any atom is 0.254 e. The normalized spacial score (nSPS) is 35.5. The molecule has 1 aliphatic carbocycles. The monoisotopic (exact) mass is 624 g/mol. The number of morpholine rings is 1. The Kier molecular flexibility index (Phi) is 8.90. The minimum Gasteiger partial charge on any atom is -0.388 e. The number of carbonyl (C=O) groups is 3. The fourth-order valence-corrected chi connectivity index (χ4v) is 7.30. The summed E-state index contributed by atoms with van der Waals surface area (Å²) in [7, 11) is 0. The third kappa shape index (κ3) is 6.59. The van der Waals surface area contributed by atoms with Crippen LogP contribution < -0.4 is 5.32 Å². The molecule has 44 heavy (non-hydrogen) atoms. The largest absolute Gasteiger partial charge is 0.388 e. The molecule has 242 valence electrons. The molecule has 1 saturated carbocycles. The number of carbonyl (C=O) groups excluding carboxylic acids is 3. The Morgan fingerprint density at radius 1 is 0.977 bits per heavy atom. The first-order valence-electron chi connectivity index (χ1n) is 15.4. The van der Waals surface area contributed by atoms with Crippen molar-refractivity contribution in [1.82, 2.24) is 20.0 Å². The standard InChI is InChI=1S/C30H39F3N4O7/c31-18-3-1-17(2-4-18)28(41)36-15-21-14-35(9-10-43-21)29(42)22-11-19(13-37(22)20-5-7-30(32,33)8-6-20)34-25(38)12-23-26(39)27(40)24(16-36)44-23/h1-4,19-24,26-27,39-40H,5-16H2,(H,34,38)/t19-,21-,22-,23-,24+,26-,27+/m0/s1. The molecule has 1 aromatic carbocycles. The van der Waals surface area contributed by atoms with Gasteiger partial charge in [-0.2, -0.15) is 0 Å². The van der Waals surface area contributed by atoms with Crippen molar-refractivity contribution in [1.29, 1.82) is 0 Å². The van der Waals surface area contributed by atoms with Gasteiger partial charge in [-0.1, -0.05) is 0 Å². The van der Waals surface area contributed by atoms with E-state index in [2.05, 4.69) is 5.32 Å². The van der Waals surface area contributed by atoms with E-state index in [1.165, 1.54) is 17.0 Å². The summed E-state index contributed by atoms with van der Waals surface area (Å²) in [5.74, 6) is -4.33. The van der Waals surface area contributed by atoms with E-state index < -0.39 is 66.2 Å². The van der Waals surface area contributed by atoms with Crippen LogP contribution in [0.2, 0.25) is 0 Å². The molecule has 14 heteroatoms. The van der Waals surface area contributed by atoms with Crippen molar-refractivity contribution in [2.45, 2.75) is 93.1 Å². The third-order valence-electron chi connectivity index (χ3n) is 9.65. The van der Waals surface area contributed by atoms with Gasteiger partial charge < -0.3 is 34.8 Å². The zero-order valence-electron chi connectivity index (χ0n) is 24.3. The molecule has 7 atom stereocenters. The van der Waals surface area contributed by atoms with Crippen molar-refractivity contribution in [3.8, 4) is 0 Å². The van der Waals surface area contributed by atoms with Gasteiger partial charge in [0.1, 0.15) is 24.1 Å². The van der Waals surface area contributed by atoms with Crippen molar-refractivity contribution in [2.24, 2.45) is 0 Å². The first kappa shape index (κ1) is 31.2. The number of alkyl halides is 2. The van der Waals surface area contributed by atoms with Crippen LogP contribution in [0, 0.1) is 5.82 Å². The van der Waals surface area contributed by atoms with Crippen molar-refractivity contribution in [2.75, 3.05) is 39.3 Å². The second-order valence-electron chi connectivity index (χ2n) is 12.7. The first-order valence-corrected chi connectivity index (χ1v) is 15.4. The minimum absolute atomic E-state index is 0.0164. The summed E-state index contributed by atoms with van der Waals surface area (Å²) in [6.45, 7) is 0.875. The van der Waals surface area contributed by atoms with Gasteiger partial charge in [0.05, 0.1) is 31.3 Å². The topological polar surface area (TPSA) is 132 Å². The smallest absolute Gasteiger partial charge is 0.254 e. The summed E-state index contributed by atoms with van der Waals surface area (Å²) in [5.41, 5.74) is 0.194. The number of likely N-dealkylation sites (tertiary alicyclic amines) is 1. The van der Waals surface area contributed by atoms with Gasteiger partial charge in [-0.15, -0.1) is 0 Å². The number of ether oxygens (including phenoxy) is 2. The molecule has 11 nitrogen and oxygen atoms in total. The van der Waals surface area contributed by atoms with Crippen LogP contribution in [0.1, 0.15) is 48.9 Å². The molecule has 4 aliphatic heterocycles. The number of hydrogen-bond acceptors (Lipinski definition) is 8. The summed E-state index contributed by atoms with van der Waals surface area (Å²) >= 11 is 0. The maximum atomic E-state index is 14.0. The second-order valence-corrected chi connectivity index (χ2v) is 12.7. The Morgan fingerprint density at radius 2 is 1.68 bits per heavy atom. The number of nitrogens with one attached hydrogen (secondary N) is 1.